The smallest absolute Gasteiger partial charge is 0.335 e. The first-order valence-corrected chi connectivity index (χ1v) is 6.92. The zero-order chi connectivity index (χ0) is 14.8. The van der Waals surface area contributed by atoms with E-state index in [1.165, 1.54) is 29.5 Å². The summed E-state index contributed by atoms with van der Waals surface area (Å²) < 4.78 is 12.8. The monoisotopic (exact) mass is 300 g/mol. The SMILES string of the molecule is O=C(O)c1ccc(-c2nc(-c3ccc(F)cn3)cs2)cc1. The second-order valence-electron chi connectivity index (χ2n) is 4.28. The fourth-order valence-electron chi connectivity index (χ4n) is 1.81. The van der Waals surface area contributed by atoms with Gasteiger partial charge in [-0.3, -0.25) is 4.98 Å². The Morgan fingerprint density at radius 2 is 1.86 bits per heavy atom. The number of benzene rings is 1. The fraction of sp³-hybridized carbons (Fsp3) is 0. The molecular weight excluding hydrogens is 291 g/mol. The lowest BCUT2D eigenvalue weighted by Crippen LogP contribution is -1.94. The maximum absolute atomic E-state index is 12.8. The first-order chi connectivity index (χ1) is 10.1. The van der Waals surface area contributed by atoms with Gasteiger partial charge in [-0.2, -0.15) is 0 Å². The van der Waals surface area contributed by atoms with Gasteiger partial charge in [-0.05, 0) is 24.3 Å². The van der Waals surface area contributed by atoms with E-state index in [0.29, 0.717) is 11.4 Å². The highest BCUT2D eigenvalue weighted by atomic mass is 32.1. The van der Waals surface area contributed by atoms with Crippen molar-refractivity contribution in [3.63, 3.8) is 0 Å². The Balaban J connectivity index is 1.90. The van der Waals surface area contributed by atoms with Gasteiger partial charge < -0.3 is 5.11 Å². The maximum Gasteiger partial charge on any atom is 0.335 e. The minimum atomic E-state index is -0.961. The lowest BCUT2D eigenvalue weighted by atomic mass is 10.1. The molecule has 0 saturated heterocycles. The Labute approximate surface area is 123 Å². The summed E-state index contributed by atoms with van der Waals surface area (Å²) in [6, 6.07) is 9.41. The summed E-state index contributed by atoms with van der Waals surface area (Å²) in [5, 5.41) is 11.5. The molecule has 0 spiro atoms. The van der Waals surface area contributed by atoms with Crippen molar-refractivity contribution < 1.29 is 14.3 Å². The van der Waals surface area contributed by atoms with Crippen LogP contribution in [0.5, 0.6) is 0 Å². The third kappa shape index (κ3) is 2.80. The van der Waals surface area contributed by atoms with Crippen LogP contribution >= 0.6 is 11.3 Å². The van der Waals surface area contributed by atoms with Crippen LogP contribution in [-0.4, -0.2) is 21.0 Å². The van der Waals surface area contributed by atoms with Gasteiger partial charge in [-0.15, -0.1) is 11.3 Å². The lowest BCUT2D eigenvalue weighted by molar-refractivity contribution is 0.0697. The van der Waals surface area contributed by atoms with Crippen molar-refractivity contribution in [3.8, 4) is 22.0 Å². The summed E-state index contributed by atoms with van der Waals surface area (Å²) in [6.07, 6.45) is 1.15. The number of carboxylic acids is 1. The van der Waals surface area contributed by atoms with Crippen LogP contribution in [0.4, 0.5) is 4.39 Å². The van der Waals surface area contributed by atoms with Crippen molar-refractivity contribution >= 4 is 17.3 Å². The van der Waals surface area contributed by atoms with Gasteiger partial charge in [-0.25, -0.2) is 14.2 Å². The maximum atomic E-state index is 12.8. The molecule has 2 aromatic heterocycles. The van der Waals surface area contributed by atoms with Crippen LogP contribution in [-0.2, 0) is 0 Å². The van der Waals surface area contributed by atoms with Crippen LogP contribution in [0.1, 0.15) is 10.4 Å². The molecule has 0 unspecified atom stereocenters. The van der Waals surface area contributed by atoms with Crippen LogP contribution in [0, 0.1) is 5.82 Å². The van der Waals surface area contributed by atoms with Crippen molar-refractivity contribution in [2.24, 2.45) is 0 Å². The number of carbonyl (C=O) groups is 1. The van der Waals surface area contributed by atoms with E-state index >= 15 is 0 Å². The number of thiazole rings is 1. The molecule has 0 radical (unpaired) electrons. The number of aromatic nitrogens is 2. The number of nitrogens with zero attached hydrogens (tertiary/aromatic N) is 2. The van der Waals surface area contributed by atoms with Crippen LogP contribution in [0.25, 0.3) is 22.0 Å². The van der Waals surface area contributed by atoms with Crippen molar-refractivity contribution in [2.75, 3.05) is 0 Å². The van der Waals surface area contributed by atoms with Crippen molar-refractivity contribution in [2.45, 2.75) is 0 Å². The van der Waals surface area contributed by atoms with Gasteiger partial charge in [0.25, 0.3) is 0 Å². The Hall–Kier alpha value is -2.60. The molecule has 6 heteroatoms. The minimum absolute atomic E-state index is 0.232. The molecule has 0 saturated carbocycles. The molecule has 1 N–H and O–H groups in total. The second-order valence-corrected chi connectivity index (χ2v) is 5.14. The molecule has 0 amide bonds. The van der Waals surface area contributed by atoms with Crippen molar-refractivity contribution in [1.82, 2.24) is 9.97 Å². The molecule has 0 atom stereocenters. The summed E-state index contributed by atoms with van der Waals surface area (Å²) in [5.74, 6) is -1.35. The summed E-state index contributed by atoms with van der Waals surface area (Å²) in [4.78, 5) is 19.2. The van der Waals surface area contributed by atoms with Crippen LogP contribution in [0.3, 0.4) is 0 Å². The van der Waals surface area contributed by atoms with Gasteiger partial charge in [0.15, 0.2) is 0 Å². The van der Waals surface area contributed by atoms with Gasteiger partial charge in [0.05, 0.1) is 17.5 Å². The number of rotatable bonds is 3. The first-order valence-electron chi connectivity index (χ1n) is 6.04. The first kappa shape index (κ1) is 13.4. The third-order valence-electron chi connectivity index (χ3n) is 2.87. The second kappa shape index (κ2) is 5.41. The van der Waals surface area contributed by atoms with Crippen molar-refractivity contribution in [1.29, 1.82) is 0 Å². The third-order valence-corrected chi connectivity index (χ3v) is 3.76. The molecule has 4 nitrogen and oxygen atoms in total. The Bertz CT molecular complexity index is 782. The zero-order valence-corrected chi connectivity index (χ0v) is 11.5. The summed E-state index contributed by atoms with van der Waals surface area (Å²) in [6.45, 7) is 0. The lowest BCUT2D eigenvalue weighted by Gasteiger charge is -1.98. The molecular formula is C15H9FN2O2S. The molecule has 3 rings (SSSR count). The molecule has 0 aliphatic carbocycles. The molecule has 0 bridgehead atoms. The molecule has 0 aliphatic rings. The highest BCUT2D eigenvalue weighted by Crippen LogP contribution is 2.28. The van der Waals surface area contributed by atoms with E-state index in [4.69, 9.17) is 5.11 Å². The minimum Gasteiger partial charge on any atom is -0.478 e. The van der Waals surface area contributed by atoms with Gasteiger partial charge in [0.2, 0.25) is 0 Å². The zero-order valence-electron chi connectivity index (χ0n) is 10.7. The summed E-state index contributed by atoms with van der Waals surface area (Å²) in [7, 11) is 0. The molecule has 0 aliphatic heterocycles. The number of halogens is 1. The molecule has 0 fully saturated rings. The number of hydrogen-bond acceptors (Lipinski definition) is 4. The number of aromatic carboxylic acids is 1. The normalized spacial score (nSPS) is 10.5. The Morgan fingerprint density at radius 1 is 1.10 bits per heavy atom. The van der Waals surface area contributed by atoms with Crippen LogP contribution < -0.4 is 0 Å². The number of hydrogen-bond donors (Lipinski definition) is 1. The van der Waals surface area contributed by atoms with Gasteiger partial charge in [0, 0.05) is 10.9 Å². The Morgan fingerprint density at radius 3 is 2.48 bits per heavy atom. The van der Waals surface area contributed by atoms with E-state index in [1.807, 2.05) is 5.38 Å². The molecule has 1 aromatic carbocycles. The number of pyridine rings is 1. The van der Waals surface area contributed by atoms with Gasteiger partial charge >= 0.3 is 5.97 Å². The van der Waals surface area contributed by atoms with E-state index < -0.39 is 11.8 Å². The Kier molecular flexibility index (Phi) is 3.45. The summed E-state index contributed by atoms with van der Waals surface area (Å²) in [5.41, 5.74) is 2.33. The standard InChI is InChI=1S/C15H9FN2O2S/c16-11-5-6-12(17-7-11)13-8-21-14(18-13)9-1-3-10(4-2-9)15(19)20/h1-8H,(H,19,20). The topological polar surface area (TPSA) is 63.1 Å². The largest absolute Gasteiger partial charge is 0.478 e. The molecule has 2 heterocycles. The molecule has 104 valence electrons. The van der Waals surface area contributed by atoms with Crippen LogP contribution in [0.15, 0.2) is 48.0 Å². The van der Waals surface area contributed by atoms with Crippen LogP contribution in [0.2, 0.25) is 0 Å². The number of carboxylic acid groups (broad SMARTS) is 1. The highest BCUT2D eigenvalue weighted by molar-refractivity contribution is 7.13. The van der Waals surface area contributed by atoms with Gasteiger partial charge in [0.1, 0.15) is 16.5 Å². The quantitative estimate of drug-likeness (QED) is 0.801. The van der Waals surface area contributed by atoms with E-state index in [2.05, 4.69) is 9.97 Å². The summed E-state index contributed by atoms with van der Waals surface area (Å²) >= 11 is 1.42. The van der Waals surface area contributed by atoms with E-state index in [9.17, 15) is 9.18 Å². The van der Waals surface area contributed by atoms with E-state index in [-0.39, 0.29) is 5.56 Å². The highest BCUT2D eigenvalue weighted by Gasteiger charge is 2.09. The molecule has 21 heavy (non-hydrogen) atoms. The van der Waals surface area contributed by atoms with Crippen molar-refractivity contribution in [3.05, 3.63) is 59.4 Å². The van der Waals surface area contributed by atoms with E-state index in [1.54, 1.807) is 18.2 Å². The molecule has 3 aromatic rings. The predicted octanol–water partition coefficient (Wildman–Crippen LogP) is 3.71. The average Bonchev–Trinajstić information content (AvgIpc) is 2.98. The predicted molar refractivity (Wildman–Crippen MR) is 77.7 cm³/mol. The van der Waals surface area contributed by atoms with Gasteiger partial charge in [-0.1, -0.05) is 12.1 Å². The van der Waals surface area contributed by atoms with E-state index in [0.717, 1.165) is 16.8 Å². The fourth-order valence-corrected chi connectivity index (χ4v) is 2.63. The average molecular weight is 300 g/mol.